The SMILES string of the molecule is N#Cc1ccnc(N2CCN(c3ncccc3N)CC2)n1. The fraction of sp³-hybridized carbons (Fsp3) is 0.286. The number of nitrogens with two attached hydrogens (primary N) is 1. The van der Waals surface area contributed by atoms with Crippen LogP contribution in [0.3, 0.4) is 0 Å². The molecule has 0 aromatic carbocycles. The standard InChI is InChI=1S/C14H15N7/c15-10-11-3-5-18-14(19-11)21-8-6-20(7-9-21)13-12(16)2-1-4-17-13/h1-5H,6-9,16H2. The van der Waals surface area contributed by atoms with Crippen molar-refractivity contribution < 1.29 is 0 Å². The molecule has 1 aliphatic rings. The molecule has 1 saturated heterocycles. The number of nitrogen functional groups attached to an aromatic ring is 1. The summed E-state index contributed by atoms with van der Waals surface area (Å²) in [5, 5.41) is 8.89. The lowest BCUT2D eigenvalue weighted by atomic mass is 10.3. The Bertz CT molecular complexity index is 671. The lowest BCUT2D eigenvalue weighted by molar-refractivity contribution is 0.635. The van der Waals surface area contributed by atoms with E-state index in [1.807, 2.05) is 18.2 Å². The number of aromatic nitrogens is 3. The van der Waals surface area contributed by atoms with Crippen molar-refractivity contribution in [1.29, 1.82) is 5.26 Å². The highest BCUT2D eigenvalue weighted by Gasteiger charge is 2.21. The van der Waals surface area contributed by atoms with Crippen LogP contribution < -0.4 is 15.5 Å². The van der Waals surface area contributed by atoms with Gasteiger partial charge in [0.1, 0.15) is 11.8 Å². The molecule has 1 fully saturated rings. The summed E-state index contributed by atoms with van der Waals surface area (Å²) in [6.07, 6.45) is 3.36. The van der Waals surface area contributed by atoms with Gasteiger partial charge in [-0.3, -0.25) is 0 Å². The number of piperazine rings is 1. The summed E-state index contributed by atoms with van der Waals surface area (Å²) in [6.45, 7) is 3.12. The second-order valence-corrected chi connectivity index (χ2v) is 4.74. The highest BCUT2D eigenvalue weighted by molar-refractivity contribution is 5.62. The summed E-state index contributed by atoms with van der Waals surface area (Å²) in [5.41, 5.74) is 7.03. The Hall–Kier alpha value is -2.88. The van der Waals surface area contributed by atoms with Crippen LogP contribution in [0, 0.1) is 11.3 Å². The normalized spacial score (nSPS) is 14.8. The topological polar surface area (TPSA) is 95.0 Å². The Morgan fingerprint density at radius 1 is 1.05 bits per heavy atom. The number of anilines is 3. The van der Waals surface area contributed by atoms with Gasteiger partial charge in [0.25, 0.3) is 0 Å². The monoisotopic (exact) mass is 281 g/mol. The average Bonchev–Trinajstić information content (AvgIpc) is 2.56. The molecule has 21 heavy (non-hydrogen) atoms. The van der Waals surface area contributed by atoms with Crippen LogP contribution in [0.15, 0.2) is 30.6 Å². The molecule has 2 aromatic rings. The van der Waals surface area contributed by atoms with Crippen molar-refractivity contribution in [2.75, 3.05) is 41.7 Å². The van der Waals surface area contributed by atoms with Crippen molar-refractivity contribution in [2.45, 2.75) is 0 Å². The van der Waals surface area contributed by atoms with Crippen molar-refractivity contribution in [1.82, 2.24) is 15.0 Å². The van der Waals surface area contributed by atoms with Gasteiger partial charge in [0.05, 0.1) is 5.69 Å². The molecule has 0 saturated carbocycles. The van der Waals surface area contributed by atoms with E-state index in [-0.39, 0.29) is 0 Å². The second-order valence-electron chi connectivity index (χ2n) is 4.74. The molecule has 2 N–H and O–H groups in total. The van der Waals surface area contributed by atoms with Crippen LogP contribution in [0.1, 0.15) is 5.69 Å². The minimum absolute atomic E-state index is 0.386. The first kappa shape index (κ1) is 13.1. The minimum Gasteiger partial charge on any atom is -0.396 e. The highest BCUT2D eigenvalue weighted by atomic mass is 15.3. The second kappa shape index (κ2) is 5.63. The van der Waals surface area contributed by atoms with Crippen LogP contribution in [0.5, 0.6) is 0 Å². The number of hydrogen-bond acceptors (Lipinski definition) is 7. The number of hydrogen-bond donors (Lipinski definition) is 1. The summed E-state index contributed by atoms with van der Waals surface area (Å²) in [4.78, 5) is 17.0. The summed E-state index contributed by atoms with van der Waals surface area (Å²) < 4.78 is 0. The van der Waals surface area contributed by atoms with Crippen molar-refractivity contribution >= 4 is 17.5 Å². The van der Waals surface area contributed by atoms with Gasteiger partial charge in [-0.15, -0.1) is 0 Å². The van der Waals surface area contributed by atoms with E-state index in [1.165, 1.54) is 0 Å². The van der Waals surface area contributed by atoms with Crippen LogP contribution in [-0.2, 0) is 0 Å². The molecule has 0 amide bonds. The smallest absolute Gasteiger partial charge is 0.226 e. The van der Waals surface area contributed by atoms with Crippen LogP contribution in [0.4, 0.5) is 17.5 Å². The van der Waals surface area contributed by atoms with Gasteiger partial charge >= 0.3 is 0 Å². The molecule has 3 heterocycles. The maximum absolute atomic E-state index is 8.89. The largest absolute Gasteiger partial charge is 0.396 e. The zero-order valence-electron chi connectivity index (χ0n) is 11.5. The van der Waals surface area contributed by atoms with Gasteiger partial charge in [-0.1, -0.05) is 0 Å². The number of rotatable bonds is 2. The maximum atomic E-state index is 8.89. The molecule has 0 spiro atoms. The Labute approximate surface area is 122 Å². The predicted molar refractivity (Wildman–Crippen MR) is 79.8 cm³/mol. The van der Waals surface area contributed by atoms with Crippen LogP contribution >= 0.6 is 0 Å². The molecule has 7 heteroatoms. The Morgan fingerprint density at radius 2 is 1.81 bits per heavy atom. The molecule has 106 valence electrons. The number of nitrogens with zero attached hydrogens (tertiary/aromatic N) is 6. The number of pyridine rings is 1. The molecule has 1 aliphatic heterocycles. The molecule has 0 unspecified atom stereocenters. The number of nitriles is 1. The Balaban J connectivity index is 1.71. The van der Waals surface area contributed by atoms with Gasteiger partial charge in [-0.25, -0.2) is 15.0 Å². The van der Waals surface area contributed by atoms with Crippen molar-refractivity contribution in [3.63, 3.8) is 0 Å². The van der Waals surface area contributed by atoms with Crippen LogP contribution in [0.25, 0.3) is 0 Å². The lowest BCUT2D eigenvalue weighted by Crippen LogP contribution is -2.47. The third-order valence-electron chi connectivity index (χ3n) is 3.44. The fourth-order valence-electron chi connectivity index (χ4n) is 2.35. The zero-order valence-corrected chi connectivity index (χ0v) is 11.5. The summed E-state index contributed by atoms with van der Waals surface area (Å²) >= 11 is 0. The minimum atomic E-state index is 0.386. The van der Waals surface area contributed by atoms with E-state index in [0.717, 1.165) is 32.0 Å². The van der Waals surface area contributed by atoms with Crippen molar-refractivity contribution in [3.05, 3.63) is 36.3 Å². The van der Waals surface area contributed by atoms with Crippen molar-refractivity contribution in [3.8, 4) is 6.07 Å². The molecular weight excluding hydrogens is 266 g/mol. The average molecular weight is 281 g/mol. The predicted octanol–water partition coefficient (Wildman–Crippen LogP) is 0.652. The molecular formula is C14H15N7. The quantitative estimate of drug-likeness (QED) is 0.863. The molecule has 0 atom stereocenters. The van der Waals surface area contributed by atoms with Gasteiger partial charge < -0.3 is 15.5 Å². The third-order valence-corrected chi connectivity index (χ3v) is 3.44. The van der Waals surface area contributed by atoms with E-state index < -0.39 is 0 Å². The van der Waals surface area contributed by atoms with E-state index in [4.69, 9.17) is 11.0 Å². The van der Waals surface area contributed by atoms with E-state index >= 15 is 0 Å². The molecule has 7 nitrogen and oxygen atoms in total. The molecule has 3 rings (SSSR count). The van der Waals surface area contributed by atoms with Crippen LogP contribution in [-0.4, -0.2) is 41.1 Å². The molecule has 0 aliphatic carbocycles. The Kier molecular flexibility index (Phi) is 3.51. The first-order valence-electron chi connectivity index (χ1n) is 6.71. The van der Waals surface area contributed by atoms with E-state index in [9.17, 15) is 0 Å². The molecule has 0 radical (unpaired) electrons. The van der Waals surface area contributed by atoms with E-state index in [1.54, 1.807) is 18.5 Å². The van der Waals surface area contributed by atoms with Gasteiger partial charge in [-0.05, 0) is 18.2 Å². The molecule has 2 aromatic heterocycles. The Morgan fingerprint density at radius 3 is 2.52 bits per heavy atom. The first-order valence-corrected chi connectivity index (χ1v) is 6.71. The van der Waals surface area contributed by atoms with Crippen molar-refractivity contribution in [2.24, 2.45) is 0 Å². The fourth-order valence-corrected chi connectivity index (χ4v) is 2.35. The third kappa shape index (κ3) is 2.69. The van der Waals surface area contributed by atoms with Gasteiger partial charge in [0, 0.05) is 38.6 Å². The molecule has 0 bridgehead atoms. The summed E-state index contributed by atoms with van der Waals surface area (Å²) in [7, 11) is 0. The first-order chi connectivity index (χ1) is 10.3. The zero-order chi connectivity index (χ0) is 14.7. The summed E-state index contributed by atoms with van der Waals surface area (Å²) in [5.74, 6) is 1.42. The highest BCUT2D eigenvalue weighted by Crippen LogP contribution is 2.21. The van der Waals surface area contributed by atoms with Gasteiger partial charge in [0.2, 0.25) is 5.95 Å². The van der Waals surface area contributed by atoms with Gasteiger partial charge in [-0.2, -0.15) is 5.26 Å². The lowest BCUT2D eigenvalue weighted by Gasteiger charge is -2.35. The van der Waals surface area contributed by atoms with E-state index in [0.29, 0.717) is 17.3 Å². The summed E-state index contributed by atoms with van der Waals surface area (Å²) in [6, 6.07) is 7.32. The maximum Gasteiger partial charge on any atom is 0.226 e. The van der Waals surface area contributed by atoms with Gasteiger partial charge in [0.15, 0.2) is 5.82 Å². The van der Waals surface area contributed by atoms with Crippen LogP contribution in [0.2, 0.25) is 0 Å². The van der Waals surface area contributed by atoms with E-state index in [2.05, 4.69) is 24.8 Å².